The Labute approximate surface area is 255 Å². The lowest BCUT2D eigenvalue weighted by atomic mass is 10.0. The first-order valence-corrected chi connectivity index (χ1v) is 11.7. The van der Waals surface area contributed by atoms with Gasteiger partial charge in [-0.05, 0) is 0 Å². The Morgan fingerprint density at radius 3 is 0.863 bits per heavy atom. The van der Waals surface area contributed by atoms with Gasteiger partial charge in [-0.25, -0.2) is 9.47 Å². The lowest BCUT2D eigenvalue weighted by Crippen LogP contribution is -2.67. The normalized spacial score (nSPS) is 16.9. The first-order valence-electron chi connectivity index (χ1n) is 10.3. The molecule has 0 spiro atoms. The zero-order valence-corrected chi connectivity index (χ0v) is 22.3. The van der Waals surface area contributed by atoms with E-state index < -0.39 is 100 Å². The lowest BCUT2D eigenvalue weighted by molar-refractivity contribution is -0.557. The van der Waals surface area contributed by atoms with E-state index in [0.717, 1.165) is 9.47 Å². The molecule has 0 aromatic heterocycles. The Bertz CT molecular complexity index is 1360. The van der Waals surface area contributed by atoms with Crippen molar-refractivity contribution in [3.63, 3.8) is 0 Å². The van der Waals surface area contributed by atoms with E-state index in [0.29, 0.717) is 0 Å². The Morgan fingerprint density at radius 1 is 0.333 bits per heavy atom. The van der Waals surface area contributed by atoms with Gasteiger partial charge in [0.25, 0.3) is 0 Å². The Balaban J connectivity index is 6.65. The van der Waals surface area contributed by atoms with Gasteiger partial charge in [-0.1, -0.05) is 0 Å². The molecule has 0 aliphatic carbocycles. The summed E-state index contributed by atoms with van der Waals surface area (Å²) in [6.45, 7) is -4.86. The molecule has 0 aromatic carbocycles. The summed E-state index contributed by atoms with van der Waals surface area (Å²) >= 11 is 0. The van der Waals surface area contributed by atoms with Crippen LogP contribution in [0.25, 0.3) is 0 Å². The van der Waals surface area contributed by atoms with Crippen LogP contribution in [0.3, 0.4) is 0 Å². The molecule has 0 saturated carbocycles. The van der Waals surface area contributed by atoms with Gasteiger partial charge in [-0.2, -0.15) is 140 Å². The van der Waals surface area contributed by atoms with Gasteiger partial charge in [-0.15, -0.1) is 0 Å². The Hall–Kier alpha value is -2.27. The fourth-order valence-electron chi connectivity index (χ4n) is 2.18. The molecule has 0 rings (SSSR count). The molecule has 36 heteroatoms. The summed E-state index contributed by atoms with van der Waals surface area (Å²) in [7, 11) is -8.76. The predicted molar refractivity (Wildman–Crippen MR) is 88.5 cm³/mol. The summed E-state index contributed by atoms with van der Waals surface area (Å²) in [5, 5.41) is -8.27. The van der Waals surface area contributed by atoms with Gasteiger partial charge in [0.05, 0.1) is 0 Å². The van der Waals surface area contributed by atoms with Crippen molar-refractivity contribution in [3.05, 3.63) is 0 Å². The second-order valence-electron chi connectivity index (χ2n) is 8.65. The maximum absolute atomic E-state index is 13.7. The maximum Gasteiger partial charge on any atom is 0.460 e. The summed E-state index contributed by atoms with van der Waals surface area (Å²) in [5.41, 5.74) is 0. The van der Waals surface area contributed by atoms with Crippen molar-refractivity contribution in [2.75, 3.05) is 6.61 Å². The molecule has 308 valence electrons. The Kier molecular flexibility index (Phi) is 11.8. The first-order chi connectivity index (χ1) is 21.4. The molecule has 0 heterocycles. The fourth-order valence-corrected chi connectivity index (χ4v) is 3.07. The number of rotatable bonds is 16. The minimum Gasteiger partial charge on any atom is -0.259 e. The number of halogens is 30. The molecule has 0 bridgehead atoms. The van der Waals surface area contributed by atoms with Gasteiger partial charge >= 0.3 is 93.6 Å². The highest BCUT2D eigenvalue weighted by Gasteiger charge is 2.89. The first kappa shape index (κ1) is 48.7. The molecule has 0 aliphatic rings. The quantitative estimate of drug-likeness (QED) is 0.115. The van der Waals surface area contributed by atoms with Crippen LogP contribution in [0.4, 0.5) is 132 Å². The molecule has 0 unspecified atom stereocenters. The van der Waals surface area contributed by atoms with E-state index in [4.69, 9.17) is 0 Å². The minimum absolute atomic E-state index is 0.900. The molecule has 0 saturated heterocycles. The zero-order valence-electron chi connectivity index (χ0n) is 21.5. The van der Waals surface area contributed by atoms with Gasteiger partial charge in [0.1, 0.15) is 6.61 Å². The largest absolute Gasteiger partial charge is 0.460 e. The number of alkyl halides is 30. The molecule has 0 N–H and O–H groups in total. The van der Waals surface area contributed by atoms with E-state index in [1.54, 1.807) is 0 Å². The third kappa shape index (κ3) is 7.45. The standard InChI is InChI=1S/C15H2F30O5S/c16-2(17,1-48-51(46,47)15(44,45)8(28,29)5(22,23)10(33,34)35)3(18,19)6(24,25)11(36,37)49-13(40,41)14(42,43)50-12(38,39)7(26,27)4(20,21)9(30,31)32/h1H2. The third-order valence-corrected chi connectivity index (χ3v) is 6.32. The van der Waals surface area contributed by atoms with Gasteiger partial charge in [0.15, 0.2) is 0 Å². The van der Waals surface area contributed by atoms with Crippen molar-refractivity contribution in [3.8, 4) is 0 Å². The van der Waals surface area contributed by atoms with Crippen LogP contribution in [0, 0.1) is 0 Å². The van der Waals surface area contributed by atoms with Crippen LogP contribution in [0.2, 0.25) is 0 Å². The highest BCUT2D eigenvalue weighted by Crippen LogP contribution is 2.59. The average Bonchev–Trinajstić information content (AvgIpc) is 2.84. The highest BCUT2D eigenvalue weighted by molar-refractivity contribution is 7.87. The zero-order chi connectivity index (χ0) is 42.3. The van der Waals surface area contributed by atoms with Gasteiger partial charge in [0, 0.05) is 0 Å². The maximum atomic E-state index is 13.7. The summed E-state index contributed by atoms with van der Waals surface area (Å²) in [6, 6.07) is 0. The van der Waals surface area contributed by atoms with E-state index in [1.807, 2.05) is 4.18 Å². The minimum atomic E-state index is -8.89. The summed E-state index contributed by atoms with van der Waals surface area (Å²) in [6.07, 6.45) is -50.0. The summed E-state index contributed by atoms with van der Waals surface area (Å²) < 4.78 is 415. The highest BCUT2D eigenvalue weighted by atomic mass is 32.2. The smallest absolute Gasteiger partial charge is 0.259 e. The van der Waals surface area contributed by atoms with E-state index >= 15 is 0 Å². The van der Waals surface area contributed by atoms with Gasteiger partial charge < -0.3 is 0 Å². The van der Waals surface area contributed by atoms with Crippen molar-refractivity contribution in [2.24, 2.45) is 0 Å². The van der Waals surface area contributed by atoms with Crippen molar-refractivity contribution in [2.45, 2.75) is 83.5 Å². The molecular weight excluding hydrogens is 862 g/mol. The summed E-state index contributed by atoms with van der Waals surface area (Å²) in [4.78, 5) is 0. The Morgan fingerprint density at radius 2 is 0.588 bits per heavy atom. The van der Waals surface area contributed by atoms with Crippen molar-refractivity contribution in [1.82, 2.24) is 0 Å². The molecule has 0 atom stereocenters. The third-order valence-electron chi connectivity index (χ3n) is 5.01. The second kappa shape index (κ2) is 12.4. The second-order valence-corrected chi connectivity index (χ2v) is 10.3. The fraction of sp³-hybridized carbons (Fsp3) is 1.00. The monoisotopic (exact) mass is 864 g/mol. The number of hydrogen-bond acceptors (Lipinski definition) is 5. The van der Waals surface area contributed by atoms with Crippen LogP contribution in [0.5, 0.6) is 0 Å². The van der Waals surface area contributed by atoms with E-state index in [9.17, 15) is 140 Å². The molecule has 0 radical (unpaired) electrons. The molecule has 0 fully saturated rings. The van der Waals surface area contributed by atoms with E-state index in [-0.39, 0.29) is 0 Å². The van der Waals surface area contributed by atoms with Crippen LogP contribution >= 0.6 is 0 Å². The van der Waals surface area contributed by atoms with Gasteiger partial charge in [-0.3, -0.25) is 4.18 Å². The van der Waals surface area contributed by atoms with Crippen LogP contribution in [0.15, 0.2) is 0 Å². The number of ether oxygens (including phenoxy) is 2. The van der Waals surface area contributed by atoms with Crippen molar-refractivity contribution >= 4 is 10.1 Å². The lowest BCUT2D eigenvalue weighted by Gasteiger charge is -2.39. The van der Waals surface area contributed by atoms with Crippen LogP contribution < -0.4 is 0 Å². The summed E-state index contributed by atoms with van der Waals surface area (Å²) in [5.74, 6) is -59.1. The predicted octanol–water partition coefficient (Wildman–Crippen LogP) is 8.90. The number of hydrogen-bond donors (Lipinski definition) is 0. The van der Waals surface area contributed by atoms with Crippen molar-refractivity contribution < 1.29 is 154 Å². The van der Waals surface area contributed by atoms with Crippen LogP contribution in [-0.4, -0.2) is 98.5 Å². The van der Waals surface area contributed by atoms with Crippen molar-refractivity contribution in [1.29, 1.82) is 0 Å². The molecule has 0 aromatic rings. The molecule has 5 nitrogen and oxygen atoms in total. The average molecular weight is 864 g/mol. The van der Waals surface area contributed by atoms with Crippen LogP contribution in [0.1, 0.15) is 0 Å². The molecular formula is C15H2F30O5S. The van der Waals surface area contributed by atoms with E-state index in [1.165, 1.54) is 0 Å². The topological polar surface area (TPSA) is 61.8 Å². The molecule has 0 aliphatic heterocycles. The molecule has 51 heavy (non-hydrogen) atoms. The van der Waals surface area contributed by atoms with Gasteiger partial charge in [0.2, 0.25) is 0 Å². The van der Waals surface area contributed by atoms with Crippen LogP contribution in [-0.2, 0) is 23.8 Å². The van der Waals surface area contributed by atoms with E-state index in [2.05, 4.69) is 0 Å². The molecule has 0 amide bonds. The SMILES string of the molecule is O=S(=O)(OCC(F)(F)C(F)(F)C(F)(F)C(F)(F)OC(F)(F)C(F)(F)OC(F)(F)C(F)(F)C(F)(F)C(F)(F)F)C(F)(F)C(F)(F)C(F)(F)C(F)(F)F.